The van der Waals surface area contributed by atoms with Crippen molar-refractivity contribution in [2.45, 2.75) is 82.2 Å². The number of imide groups is 1. The summed E-state index contributed by atoms with van der Waals surface area (Å²) in [4.78, 5) is 59.3. The average Bonchev–Trinajstić information content (AvgIpc) is 3.87. The predicted molar refractivity (Wildman–Crippen MR) is 236 cm³/mol. The fourth-order valence-corrected chi connectivity index (χ4v) is 9.27. The number of pyridine rings is 1. The zero-order valence-electron chi connectivity index (χ0n) is 36.0. The zero-order valence-corrected chi connectivity index (χ0v) is 36.8. The van der Waals surface area contributed by atoms with Gasteiger partial charge in [0.25, 0.3) is 5.56 Å². The first-order chi connectivity index (χ1) is 30.4. The number of hydrogen-bond acceptors (Lipinski definition) is 13. The number of nitrogens with zero attached hydrogens (tertiary/aromatic N) is 5. The Balaban J connectivity index is 0.733. The van der Waals surface area contributed by atoms with Crippen molar-refractivity contribution < 1.29 is 37.0 Å². The molecule has 19 heteroatoms. The Morgan fingerprint density at radius 3 is 2.19 bits per heavy atom. The number of benzene rings is 2. The summed E-state index contributed by atoms with van der Waals surface area (Å²) >= 11 is 0. The molecular weight excluding hydrogens is 833 g/mol. The number of rotatable bonds is 22. The highest BCUT2D eigenvalue weighted by Crippen LogP contribution is 2.32. The van der Waals surface area contributed by atoms with Gasteiger partial charge in [0.2, 0.25) is 27.8 Å². The van der Waals surface area contributed by atoms with E-state index < -0.39 is 22.0 Å². The quantitative estimate of drug-likeness (QED) is 0.0666. The summed E-state index contributed by atoms with van der Waals surface area (Å²) in [6.07, 6.45) is 7.79. The van der Waals surface area contributed by atoms with Crippen molar-refractivity contribution in [3.8, 4) is 0 Å². The lowest BCUT2D eigenvalue weighted by molar-refractivity contribution is -0.135. The van der Waals surface area contributed by atoms with Crippen molar-refractivity contribution in [1.29, 1.82) is 0 Å². The van der Waals surface area contributed by atoms with Crippen molar-refractivity contribution in [2.75, 3.05) is 64.7 Å². The molecule has 1 saturated heterocycles. The van der Waals surface area contributed by atoms with E-state index in [1.807, 2.05) is 25.1 Å². The van der Waals surface area contributed by atoms with E-state index in [9.17, 15) is 27.6 Å². The highest BCUT2D eigenvalue weighted by molar-refractivity contribution is 7.89. The van der Waals surface area contributed by atoms with Gasteiger partial charge in [-0.1, -0.05) is 18.9 Å². The molecule has 0 radical (unpaired) electrons. The molecule has 3 N–H and O–H groups in total. The van der Waals surface area contributed by atoms with Gasteiger partial charge in [-0.05, 0) is 93.0 Å². The summed E-state index contributed by atoms with van der Waals surface area (Å²) in [5.41, 5.74) is 4.85. The molecule has 2 amide bonds. The van der Waals surface area contributed by atoms with Gasteiger partial charge < -0.3 is 24.3 Å². The van der Waals surface area contributed by atoms with E-state index in [1.165, 1.54) is 15.2 Å². The van der Waals surface area contributed by atoms with Crippen LogP contribution in [0.2, 0.25) is 0 Å². The fourth-order valence-electron chi connectivity index (χ4n) is 8.18. The molecule has 1 saturated carbocycles. The summed E-state index contributed by atoms with van der Waals surface area (Å²) < 4.78 is 55.8. The van der Waals surface area contributed by atoms with E-state index in [0.29, 0.717) is 81.0 Å². The number of sulfonamides is 1. The van der Waals surface area contributed by atoms with E-state index in [1.54, 1.807) is 42.9 Å². The lowest BCUT2D eigenvalue weighted by atomic mass is 10.1. The highest BCUT2D eigenvalue weighted by atomic mass is 32.2. The molecule has 2 aromatic carbocycles. The molecular formula is C44H56N8O10S. The summed E-state index contributed by atoms with van der Waals surface area (Å²) in [5.74, 6) is -0.448. The minimum absolute atomic E-state index is 0.0622. The monoisotopic (exact) mass is 888 g/mol. The maximum atomic E-state index is 13.0. The Labute approximate surface area is 365 Å². The largest absolute Gasteiger partial charge is 0.379 e. The number of aryl methyl sites for hydroxylation is 4. The molecule has 0 spiro atoms. The Bertz CT molecular complexity index is 2670. The van der Waals surface area contributed by atoms with Gasteiger partial charge in [0.1, 0.15) is 11.7 Å². The van der Waals surface area contributed by atoms with E-state index in [-0.39, 0.29) is 47.7 Å². The second-order valence-corrected chi connectivity index (χ2v) is 17.7. The molecule has 18 nitrogen and oxygen atoms in total. The van der Waals surface area contributed by atoms with Crippen LogP contribution < -0.4 is 26.6 Å². The molecule has 1 atom stereocenters. The summed E-state index contributed by atoms with van der Waals surface area (Å²) in [6, 6.07) is 11.6. The van der Waals surface area contributed by atoms with Crippen molar-refractivity contribution in [3.05, 3.63) is 86.2 Å². The average molecular weight is 889 g/mol. The molecule has 0 bridgehead atoms. The second kappa shape index (κ2) is 20.9. The SMILES string of the molecule is Cc1cc(S(=O)(=O)NCCOCCOCCOCCOCCCc2ccc3c(c2)n(C)c(=O)n3C2CCC(=O)NC2=O)ccc1Nc1ncc2c(C)cc(=O)n(C3CCCC3)c2n1. The van der Waals surface area contributed by atoms with Crippen LogP contribution in [0.1, 0.15) is 73.7 Å². The molecule has 1 unspecified atom stereocenters. The Morgan fingerprint density at radius 1 is 0.794 bits per heavy atom. The maximum absolute atomic E-state index is 13.0. The highest BCUT2D eigenvalue weighted by Gasteiger charge is 2.31. The second-order valence-electron chi connectivity index (χ2n) is 16.0. The van der Waals surface area contributed by atoms with Crippen molar-refractivity contribution >= 4 is 55.5 Å². The maximum Gasteiger partial charge on any atom is 0.329 e. The van der Waals surface area contributed by atoms with E-state index >= 15 is 0 Å². The molecule has 2 fully saturated rings. The molecule has 3 aromatic heterocycles. The number of imidazole rings is 1. The normalized spacial score (nSPS) is 16.1. The third-order valence-electron chi connectivity index (χ3n) is 11.5. The number of fused-ring (bicyclic) bond motifs is 2. The number of amides is 2. The number of hydrogen-bond donors (Lipinski definition) is 3. The summed E-state index contributed by atoms with van der Waals surface area (Å²) in [7, 11) is -2.11. The zero-order chi connectivity index (χ0) is 44.5. The molecule has 2 aliphatic rings. The van der Waals surface area contributed by atoms with Gasteiger partial charge in [-0.15, -0.1) is 0 Å². The molecule has 338 valence electrons. The smallest absolute Gasteiger partial charge is 0.329 e. The number of aromatic nitrogens is 5. The fraction of sp³-hybridized carbons (Fsp3) is 0.500. The van der Waals surface area contributed by atoms with E-state index in [2.05, 4.69) is 20.3 Å². The molecule has 1 aliphatic carbocycles. The molecule has 63 heavy (non-hydrogen) atoms. The van der Waals surface area contributed by atoms with Crippen LogP contribution in [-0.4, -0.2) is 103 Å². The first-order valence-corrected chi connectivity index (χ1v) is 23.0. The molecule has 1 aliphatic heterocycles. The lowest BCUT2D eigenvalue weighted by Crippen LogP contribution is -2.44. The number of anilines is 2. The van der Waals surface area contributed by atoms with Crippen molar-refractivity contribution in [2.24, 2.45) is 7.05 Å². The van der Waals surface area contributed by atoms with E-state index in [0.717, 1.165) is 60.6 Å². The Morgan fingerprint density at radius 2 is 1.49 bits per heavy atom. The van der Waals surface area contributed by atoms with Crippen LogP contribution in [0.3, 0.4) is 0 Å². The van der Waals surface area contributed by atoms with Crippen LogP contribution in [0.4, 0.5) is 11.6 Å². The third-order valence-corrected chi connectivity index (χ3v) is 13.0. The predicted octanol–water partition coefficient (Wildman–Crippen LogP) is 3.88. The number of carbonyl (C=O) groups is 2. The number of nitrogens with one attached hydrogen (secondary N) is 3. The summed E-state index contributed by atoms with van der Waals surface area (Å²) in [5, 5.41) is 6.36. The Kier molecular flexibility index (Phi) is 15.2. The van der Waals surface area contributed by atoms with Crippen LogP contribution in [0, 0.1) is 13.8 Å². The van der Waals surface area contributed by atoms with Gasteiger partial charge in [-0.3, -0.25) is 33.4 Å². The Hall–Kier alpha value is -5.31. The number of carbonyl (C=O) groups excluding carboxylic acids is 2. The minimum Gasteiger partial charge on any atom is -0.379 e. The lowest BCUT2D eigenvalue weighted by Gasteiger charge is -2.21. The number of piperidine rings is 1. The van der Waals surface area contributed by atoms with E-state index in [4.69, 9.17) is 23.9 Å². The first-order valence-electron chi connectivity index (χ1n) is 21.5. The first kappa shape index (κ1) is 45.7. The standard InChI is InChI=1S/C44H56N8O10S/c1-29-26-40(54)51(32-8-4-5-9-32)41-34(29)28-45-43(49-41)47-35-12-11-33(25-30(35)2)63(57,58)46-16-18-60-20-22-62-24-23-61-21-19-59-17-6-7-31-10-13-36-38(27-31)50(3)44(56)52(36)37-14-15-39(53)48-42(37)55/h10-13,25-28,32,37,46H,4-9,14-24H2,1-3H3,(H,45,47,49)(H,48,53,55). The van der Waals surface area contributed by atoms with Gasteiger partial charge in [0.05, 0.1) is 62.2 Å². The van der Waals surface area contributed by atoms with Gasteiger partial charge in [0, 0.05) is 56.0 Å². The molecule has 5 aromatic rings. The molecule has 4 heterocycles. The van der Waals surface area contributed by atoms with Gasteiger partial charge in [0.15, 0.2) is 0 Å². The van der Waals surface area contributed by atoms with Crippen LogP contribution in [0.25, 0.3) is 22.1 Å². The van der Waals surface area contributed by atoms with Gasteiger partial charge >= 0.3 is 5.69 Å². The van der Waals surface area contributed by atoms with Crippen LogP contribution in [0.15, 0.2) is 63.1 Å². The van der Waals surface area contributed by atoms with Crippen molar-refractivity contribution in [1.82, 2.24) is 33.7 Å². The minimum atomic E-state index is -3.79. The van der Waals surface area contributed by atoms with Crippen LogP contribution >= 0.6 is 0 Å². The van der Waals surface area contributed by atoms with Gasteiger partial charge in [-0.2, -0.15) is 4.98 Å². The third kappa shape index (κ3) is 11.1. The molecule has 7 rings (SSSR count). The summed E-state index contributed by atoms with van der Waals surface area (Å²) in [6.45, 7) is 6.76. The van der Waals surface area contributed by atoms with Crippen LogP contribution in [-0.2, 0) is 52.0 Å². The van der Waals surface area contributed by atoms with Crippen molar-refractivity contribution in [3.63, 3.8) is 0 Å². The van der Waals surface area contributed by atoms with Gasteiger partial charge in [-0.25, -0.2) is 22.9 Å². The van der Waals surface area contributed by atoms with Crippen LogP contribution in [0.5, 0.6) is 0 Å². The number of ether oxygens (including phenoxy) is 4. The topological polar surface area (TPSA) is 216 Å².